The number of ketones is 1. The number of carbonyl (C=O) groups excluding carboxylic acids is 2. The summed E-state index contributed by atoms with van der Waals surface area (Å²) in [5.74, 6) is -1.02. The number of furan rings is 1. The summed E-state index contributed by atoms with van der Waals surface area (Å²) in [5.41, 5.74) is 1.30. The SMILES string of the molecule is O=C(C(=O)N1CCO[C@@H](CCCc2ccccc2)C1)c1ccco1. The van der Waals surface area contributed by atoms with Gasteiger partial charge in [0.1, 0.15) is 0 Å². The summed E-state index contributed by atoms with van der Waals surface area (Å²) in [7, 11) is 0. The molecule has 24 heavy (non-hydrogen) atoms. The van der Waals surface area contributed by atoms with Gasteiger partial charge in [-0.2, -0.15) is 0 Å². The Bertz CT molecular complexity index is 666. The fourth-order valence-corrected chi connectivity index (χ4v) is 2.91. The molecule has 0 unspecified atom stereocenters. The van der Waals surface area contributed by atoms with Crippen LogP contribution in [-0.2, 0) is 16.0 Å². The molecule has 0 radical (unpaired) electrons. The lowest BCUT2D eigenvalue weighted by molar-refractivity contribution is -0.134. The Hall–Kier alpha value is -2.40. The lowest BCUT2D eigenvalue weighted by atomic mass is 10.0. The molecule has 1 amide bonds. The van der Waals surface area contributed by atoms with Gasteiger partial charge in [0.25, 0.3) is 11.7 Å². The van der Waals surface area contributed by atoms with Crippen LogP contribution < -0.4 is 0 Å². The van der Waals surface area contributed by atoms with E-state index < -0.39 is 11.7 Å². The Morgan fingerprint density at radius 2 is 1.96 bits per heavy atom. The minimum Gasteiger partial charge on any atom is -0.461 e. The highest BCUT2D eigenvalue weighted by molar-refractivity contribution is 6.41. The molecule has 5 nitrogen and oxygen atoms in total. The zero-order valence-electron chi connectivity index (χ0n) is 13.5. The summed E-state index contributed by atoms with van der Waals surface area (Å²) < 4.78 is 10.8. The molecule has 2 aromatic rings. The molecule has 1 aliphatic heterocycles. The van der Waals surface area contributed by atoms with Gasteiger partial charge in [-0.15, -0.1) is 0 Å². The van der Waals surface area contributed by atoms with Crippen LogP contribution in [0.2, 0.25) is 0 Å². The highest BCUT2D eigenvalue weighted by Gasteiger charge is 2.29. The molecule has 1 aliphatic rings. The number of aryl methyl sites for hydroxylation is 1. The summed E-state index contributed by atoms with van der Waals surface area (Å²) >= 11 is 0. The number of benzene rings is 1. The maximum atomic E-state index is 12.3. The van der Waals surface area contributed by atoms with Crippen molar-refractivity contribution in [2.24, 2.45) is 0 Å². The Balaban J connectivity index is 1.49. The van der Waals surface area contributed by atoms with Crippen molar-refractivity contribution in [2.45, 2.75) is 25.4 Å². The second-order valence-electron chi connectivity index (χ2n) is 5.93. The van der Waals surface area contributed by atoms with Crippen molar-refractivity contribution in [3.8, 4) is 0 Å². The Labute approximate surface area is 141 Å². The van der Waals surface area contributed by atoms with Crippen LogP contribution in [0.15, 0.2) is 53.1 Å². The van der Waals surface area contributed by atoms with Gasteiger partial charge in [-0.05, 0) is 37.0 Å². The van der Waals surface area contributed by atoms with Gasteiger partial charge >= 0.3 is 0 Å². The van der Waals surface area contributed by atoms with Crippen LogP contribution in [0.5, 0.6) is 0 Å². The van der Waals surface area contributed by atoms with Crippen molar-refractivity contribution >= 4 is 11.7 Å². The number of amides is 1. The first-order valence-electron chi connectivity index (χ1n) is 8.26. The van der Waals surface area contributed by atoms with Crippen molar-refractivity contribution in [3.05, 3.63) is 60.1 Å². The van der Waals surface area contributed by atoms with E-state index in [0.717, 1.165) is 19.3 Å². The van der Waals surface area contributed by atoms with E-state index in [9.17, 15) is 9.59 Å². The number of ether oxygens (including phenoxy) is 1. The molecule has 0 N–H and O–H groups in total. The number of carbonyl (C=O) groups is 2. The van der Waals surface area contributed by atoms with Crippen molar-refractivity contribution in [2.75, 3.05) is 19.7 Å². The third-order valence-corrected chi connectivity index (χ3v) is 4.20. The van der Waals surface area contributed by atoms with Crippen molar-refractivity contribution < 1.29 is 18.7 Å². The first-order chi connectivity index (χ1) is 11.7. The van der Waals surface area contributed by atoms with E-state index in [-0.39, 0.29) is 11.9 Å². The summed E-state index contributed by atoms with van der Waals surface area (Å²) in [5, 5.41) is 0. The first-order valence-corrected chi connectivity index (χ1v) is 8.26. The maximum Gasteiger partial charge on any atom is 0.298 e. The second-order valence-corrected chi connectivity index (χ2v) is 5.93. The minimum atomic E-state index is -0.593. The maximum absolute atomic E-state index is 12.3. The lowest BCUT2D eigenvalue weighted by Crippen LogP contribution is -2.48. The molecular formula is C19H21NO4. The highest BCUT2D eigenvalue weighted by atomic mass is 16.5. The minimum absolute atomic E-state index is 0.0178. The van der Waals surface area contributed by atoms with Gasteiger partial charge in [0.05, 0.1) is 19.0 Å². The predicted molar refractivity (Wildman–Crippen MR) is 88.7 cm³/mol. The third-order valence-electron chi connectivity index (χ3n) is 4.20. The Morgan fingerprint density at radius 3 is 2.71 bits per heavy atom. The number of hydrogen-bond donors (Lipinski definition) is 0. The van der Waals surface area contributed by atoms with Crippen LogP contribution in [0.4, 0.5) is 0 Å². The van der Waals surface area contributed by atoms with Gasteiger partial charge in [0.2, 0.25) is 0 Å². The summed E-state index contributed by atoms with van der Waals surface area (Å²) in [6.07, 6.45) is 4.22. The normalized spacial score (nSPS) is 17.7. The number of Topliss-reactive ketones (excluding diaryl/α,β-unsaturated/α-hetero) is 1. The fourth-order valence-electron chi connectivity index (χ4n) is 2.91. The fraction of sp³-hybridized carbons (Fsp3) is 0.368. The molecule has 1 fully saturated rings. The summed E-state index contributed by atoms with van der Waals surface area (Å²) in [4.78, 5) is 26.0. The van der Waals surface area contributed by atoms with Gasteiger partial charge in [-0.1, -0.05) is 30.3 Å². The monoisotopic (exact) mass is 327 g/mol. The molecule has 3 rings (SSSR count). The summed E-state index contributed by atoms with van der Waals surface area (Å²) in [6.45, 7) is 1.37. The van der Waals surface area contributed by atoms with Crippen molar-refractivity contribution in [3.63, 3.8) is 0 Å². The molecule has 0 bridgehead atoms. The van der Waals surface area contributed by atoms with E-state index in [0.29, 0.717) is 19.7 Å². The smallest absolute Gasteiger partial charge is 0.298 e. The molecule has 0 spiro atoms. The Kier molecular flexibility index (Phi) is 5.43. The van der Waals surface area contributed by atoms with Gasteiger partial charge < -0.3 is 14.1 Å². The number of hydrogen-bond acceptors (Lipinski definition) is 4. The van der Waals surface area contributed by atoms with Crippen LogP contribution in [0.1, 0.15) is 29.0 Å². The second kappa shape index (κ2) is 7.93. The third kappa shape index (κ3) is 4.11. The first kappa shape index (κ1) is 16.5. The van der Waals surface area contributed by atoms with Gasteiger partial charge in [0, 0.05) is 13.1 Å². The van der Waals surface area contributed by atoms with Crippen molar-refractivity contribution in [1.82, 2.24) is 4.90 Å². The van der Waals surface area contributed by atoms with E-state index in [1.165, 1.54) is 17.9 Å². The van der Waals surface area contributed by atoms with Crippen LogP contribution in [0.3, 0.4) is 0 Å². The number of nitrogens with zero attached hydrogens (tertiary/aromatic N) is 1. The molecule has 5 heteroatoms. The van der Waals surface area contributed by atoms with Gasteiger partial charge in [0.15, 0.2) is 5.76 Å². The van der Waals surface area contributed by atoms with E-state index in [1.807, 2.05) is 18.2 Å². The van der Waals surface area contributed by atoms with Crippen LogP contribution in [-0.4, -0.2) is 42.4 Å². The van der Waals surface area contributed by atoms with Crippen LogP contribution in [0, 0.1) is 0 Å². The average molecular weight is 327 g/mol. The largest absolute Gasteiger partial charge is 0.461 e. The molecule has 0 aliphatic carbocycles. The van der Waals surface area contributed by atoms with E-state index in [1.54, 1.807) is 11.0 Å². The standard InChI is InChI=1S/C19H21NO4/c21-18(17-10-5-12-24-17)19(22)20-11-13-23-16(14-20)9-4-8-15-6-2-1-3-7-15/h1-3,5-7,10,12,16H,4,8-9,11,13-14H2/t16-/m0/s1. The topological polar surface area (TPSA) is 59.8 Å². The molecule has 1 saturated heterocycles. The van der Waals surface area contributed by atoms with E-state index in [4.69, 9.17) is 9.15 Å². The number of rotatable bonds is 6. The zero-order valence-corrected chi connectivity index (χ0v) is 13.5. The van der Waals surface area contributed by atoms with Gasteiger partial charge in [-0.25, -0.2) is 0 Å². The summed E-state index contributed by atoms with van der Waals surface area (Å²) in [6, 6.07) is 13.4. The molecule has 1 aromatic heterocycles. The zero-order chi connectivity index (χ0) is 16.8. The quantitative estimate of drug-likeness (QED) is 0.604. The predicted octanol–water partition coefficient (Wildman–Crippen LogP) is 2.71. The average Bonchev–Trinajstić information content (AvgIpc) is 3.16. The van der Waals surface area contributed by atoms with E-state index in [2.05, 4.69) is 12.1 Å². The van der Waals surface area contributed by atoms with Gasteiger partial charge in [-0.3, -0.25) is 9.59 Å². The Morgan fingerprint density at radius 1 is 1.12 bits per heavy atom. The van der Waals surface area contributed by atoms with Crippen LogP contribution >= 0.6 is 0 Å². The molecule has 1 aromatic carbocycles. The lowest BCUT2D eigenvalue weighted by Gasteiger charge is -2.32. The van der Waals surface area contributed by atoms with Crippen molar-refractivity contribution in [1.29, 1.82) is 0 Å². The highest BCUT2D eigenvalue weighted by Crippen LogP contribution is 2.15. The van der Waals surface area contributed by atoms with E-state index >= 15 is 0 Å². The molecule has 1 atom stereocenters. The molecule has 2 heterocycles. The molecular weight excluding hydrogens is 306 g/mol. The van der Waals surface area contributed by atoms with Crippen LogP contribution in [0.25, 0.3) is 0 Å². The molecule has 0 saturated carbocycles. The number of morpholine rings is 1. The molecule has 126 valence electrons.